The Morgan fingerprint density at radius 2 is 2.08 bits per heavy atom. The van der Waals surface area contributed by atoms with Gasteiger partial charge in [0.1, 0.15) is 0 Å². The number of nitrogens with one attached hydrogen (secondary N) is 1. The highest BCUT2D eigenvalue weighted by Crippen LogP contribution is 2.27. The summed E-state index contributed by atoms with van der Waals surface area (Å²) in [6, 6.07) is 0. The minimum atomic E-state index is 0.0568. The van der Waals surface area contributed by atoms with Crippen molar-refractivity contribution in [3.05, 3.63) is 0 Å². The molecule has 78 valence electrons. The Labute approximate surface area is 82.0 Å². The zero-order valence-corrected chi connectivity index (χ0v) is 9.23. The smallest absolute Gasteiger partial charge is 0.0624 e. The topological polar surface area (TPSA) is 21.3 Å². The molecule has 0 aromatic heterocycles. The third-order valence-electron chi connectivity index (χ3n) is 2.75. The molecule has 0 saturated heterocycles. The first-order valence-electron chi connectivity index (χ1n) is 5.49. The van der Waals surface area contributed by atoms with Gasteiger partial charge >= 0.3 is 0 Å². The molecular weight excluding hydrogens is 162 g/mol. The number of hydrogen-bond acceptors (Lipinski definition) is 2. The van der Waals surface area contributed by atoms with E-state index in [1.807, 2.05) is 0 Å². The third-order valence-corrected chi connectivity index (χ3v) is 2.75. The fraction of sp³-hybridized carbons (Fsp3) is 1.00. The molecule has 1 rings (SSSR count). The average molecular weight is 185 g/mol. The van der Waals surface area contributed by atoms with Crippen LogP contribution in [0.4, 0.5) is 0 Å². The van der Waals surface area contributed by atoms with Crippen molar-refractivity contribution in [2.75, 3.05) is 19.7 Å². The Bertz CT molecular complexity index is 141. The lowest BCUT2D eigenvalue weighted by molar-refractivity contribution is -0.0180. The molecule has 0 bridgehead atoms. The van der Waals surface area contributed by atoms with Crippen molar-refractivity contribution in [3.8, 4) is 0 Å². The molecule has 0 radical (unpaired) electrons. The first kappa shape index (κ1) is 11.0. The molecule has 1 saturated carbocycles. The van der Waals surface area contributed by atoms with E-state index in [-0.39, 0.29) is 5.60 Å². The lowest BCUT2D eigenvalue weighted by atomic mass is 10.1. The van der Waals surface area contributed by atoms with Crippen LogP contribution in [0.5, 0.6) is 0 Å². The van der Waals surface area contributed by atoms with Gasteiger partial charge in [-0.1, -0.05) is 6.92 Å². The summed E-state index contributed by atoms with van der Waals surface area (Å²) in [5, 5.41) is 3.42. The molecular formula is C11H23NO. The van der Waals surface area contributed by atoms with Crippen LogP contribution in [0, 0.1) is 5.92 Å². The molecule has 0 heterocycles. The minimum Gasteiger partial charge on any atom is -0.374 e. The van der Waals surface area contributed by atoms with Crippen molar-refractivity contribution in [3.63, 3.8) is 0 Å². The second-order valence-electron chi connectivity index (χ2n) is 4.61. The highest BCUT2D eigenvalue weighted by Gasteiger charge is 2.20. The van der Waals surface area contributed by atoms with Gasteiger partial charge in [-0.15, -0.1) is 0 Å². The van der Waals surface area contributed by atoms with E-state index in [0.717, 1.165) is 25.5 Å². The summed E-state index contributed by atoms with van der Waals surface area (Å²) in [4.78, 5) is 0. The molecule has 0 amide bonds. The van der Waals surface area contributed by atoms with Gasteiger partial charge in [0.15, 0.2) is 0 Å². The molecule has 0 unspecified atom stereocenters. The van der Waals surface area contributed by atoms with E-state index >= 15 is 0 Å². The monoisotopic (exact) mass is 185 g/mol. The summed E-state index contributed by atoms with van der Waals surface area (Å²) in [7, 11) is 0. The normalized spacial score (nSPS) is 17.8. The van der Waals surface area contributed by atoms with E-state index in [9.17, 15) is 0 Å². The van der Waals surface area contributed by atoms with E-state index in [0.29, 0.717) is 0 Å². The first-order valence-corrected chi connectivity index (χ1v) is 5.49. The summed E-state index contributed by atoms with van der Waals surface area (Å²) in [6.45, 7) is 9.49. The van der Waals surface area contributed by atoms with Crippen molar-refractivity contribution < 1.29 is 4.74 Å². The summed E-state index contributed by atoms with van der Waals surface area (Å²) in [5.41, 5.74) is 0.0568. The maximum absolute atomic E-state index is 5.72. The average Bonchev–Trinajstić information content (AvgIpc) is 2.87. The highest BCUT2D eigenvalue weighted by atomic mass is 16.5. The van der Waals surface area contributed by atoms with Crippen molar-refractivity contribution in [1.82, 2.24) is 5.32 Å². The molecule has 0 spiro atoms. The van der Waals surface area contributed by atoms with E-state index < -0.39 is 0 Å². The molecule has 2 nitrogen and oxygen atoms in total. The van der Waals surface area contributed by atoms with Crippen LogP contribution in [0.1, 0.15) is 40.0 Å². The summed E-state index contributed by atoms with van der Waals surface area (Å²) >= 11 is 0. The molecule has 13 heavy (non-hydrogen) atoms. The van der Waals surface area contributed by atoms with Crippen LogP contribution in [0.25, 0.3) is 0 Å². The largest absolute Gasteiger partial charge is 0.374 e. The van der Waals surface area contributed by atoms with Crippen LogP contribution in [-0.2, 0) is 4.74 Å². The lowest BCUT2D eigenvalue weighted by Crippen LogP contribution is -2.29. The van der Waals surface area contributed by atoms with E-state index in [2.05, 4.69) is 26.1 Å². The standard InChI is InChI=1S/C11H23NO/c1-4-11(2,3)13-8-7-12-9-10-5-6-10/h10,12H,4-9H2,1-3H3. The second kappa shape index (κ2) is 4.97. The fourth-order valence-electron chi connectivity index (χ4n) is 1.13. The number of ether oxygens (including phenoxy) is 1. The maximum Gasteiger partial charge on any atom is 0.0624 e. The van der Waals surface area contributed by atoms with Crippen LogP contribution in [0.2, 0.25) is 0 Å². The zero-order chi connectivity index (χ0) is 9.73. The molecule has 0 aliphatic heterocycles. The van der Waals surface area contributed by atoms with Crippen molar-refractivity contribution in [1.29, 1.82) is 0 Å². The summed E-state index contributed by atoms with van der Waals surface area (Å²) in [5.74, 6) is 0.971. The Balaban J connectivity index is 1.87. The van der Waals surface area contributed by atoms with Crippen LogP contribution in [-0.4, -0.2) is 25.3 Å². The number of hydrogen-bond donors (Lipinski definition) is 1. The predicted molar refractivity (Wildman–Crippen MR) is 55.9 cm³/mol. The SMILES string of the molecule is CCC(C)(C)OCCNCC1CC1. The van der Waals surface area contributed by atoms with Gasteiger partial charge in [0, 0.05) is 6.54 Å². The Morgan fingerprint density at radius 3 is 2.62 bits per heavy atom. The fourth-order valence-corrected chi connectivity index (χ4v) is 1.13. The summed E-state index contributed by atoms with van der Waals surface area (Å²) in [6.07, 6.45) is 3.93. The Hall–Kier alpha value is -0.0800. The van der Waals surface area contributed by atoms with Crippen LogP contribution < -0.4 is 5.32 Å². The van der Waals surface area contributed by atoms with E-state index in [1.54, 1.807) is 0 Å². The molecule has 1 aliphatic rings. The molecule has 0 aromatic carbocycles. The molecule has 2 heteroatoms. The molecule has 0 atom stereocenters. The highest BCUT2D eigenvalue weighted by molar-refractivity contribution is 4.75. The molecule has 0 aromatic rings. The zero-order valence-electron chi connectivity index (χ0n) is 9.23. The van der Waals surface area contributed by atoms with Gasteiger partial charge in [0.2, 0.25) is 0 Å². The minimum absolute atomic E-state index is 0.0568. The molecule has 1 fully saturated rings. The van der Waals surface area contributed by atoms with E-state index in [1.165, 1.54) is 19.4 Å². The lowest BCUT2D eigenvalue weighted by Gasteiger charge is -2.23. The van der Waals surface area contributed by atoms with E-state index in [4.69, 9.17) is 4.74 Å². The van der Waals surface area contributed by atoms with Crippen LogP contribution in [0.15, 0.2) is 0 Å². The van der Waals surface area contributed by atoms with Crippen molar-refractivity contribution in [2.24, 2.45) is 5.92 Å². The van der Waals surface area contributed by atoms with Gasteiger partial charge < -0.3 is 10.1 Å². The van der Waals surface area contributed by atoms with Gasteiger partial charge in [-0.25, -0.2) is 0 Å². The van der Waals surface area contributed by atoms with Crippen LogP contribution in [0.3, 0.4) is 0 Å². The van der Waals surface area contributed by atoms with Gasteiger partial charge in [-0.05, 0) is 45.6 Å². The number of rotatable bonds is 7. The van der Waals surface area contributed by atoms with Crippen molar-refractivity contribution >= 4 is 0 Å². The first-order chi connectivity index (χ1) is 6.14. The maximum atomic E-state index is 5.72. The summed E-state index contributed by atoms with van der Waals surface area (Å²) < 4.78 is 5.72. The van der Waals surface area contributed by atoms with Gasteiger partial charge in [0.25, 0.3) is 0 Å². The Kier molecular flexibility index (Phi) is 4.20. The Morgan fingerprint density at radius 1 is 1.38 bits per heavy atom. The quantitative estimate of drug-likeness (QED) is 0.614. The second-order valence-corrected chi connectivity index (χ2v) is 4.61. The van der Waals surface area contributed by atoms with Crippen LogP contribution >= 0.6 is 0 Å². The predicted octanol–water partition coefficient (Wildman–Crippen LogP) is 2.19. The van der Waals surface area contributed by atoms with Gasteiger partial charge in [-0.3, -0.25) is 0 Å². The van der Waals surface area contributed by atoms with Gasteiger partial charge in [0.05, 0.1) is 12.2 Å². The molecule has 1 N–H and O–H groups in total. The molecule has 1 aliphatic carbocycles. The van der Waals surface area contributed by atoms with Crippen molar-refractivity contribution in [2.45, 2.75) is 45.6 Å². The third kappa shape index (κ3) is 5.27. The van der Waals surface area contributed by atoms with Gasteiger partial charge in [-0.2, -0.15) is 0 Å².